The lowest BCUT2D eigenvalue weighted by molar-refractivity contribution is 0.100. The molecule has 0 heterocycles. The van der Waals surface area contributed by atoms with Gasteiger partial charge in [-0.25, -0.2) is 8.42 Å². The van der Waals surface area contributed by atoms with Crippen molar-refractivity contribution < 1.29 is 22.7 Å². The number of hydrogen-bond donors (Lipinski definition) is 2. The fraction of sp³-hybridized carbons (Fsp3) is 0.0909. The smallest absolute Gasteiger partial charge is 0.264 e. The van der Waals surface area contributed by atoms with Gasteiger partial charge < -0.3 is 15.8 Å². The first-order valence-electron chi connectivity index (χ1n) is 9.17. The van der Waals surface area contributed by atoms with Gasteiger partial charge in [0.15, 0.2) is 0 Å². The first-order valence-corrected chi connectivity index (χ1v) is 10.6. The van der Waals surface area contributed by atoms with Gasteiger partial charge in [0.05, 0.1) is 28.9 Å². The average molecular weight is 439 g/mol. The highest BCUT2D eigenvalue weighted by Crippen LogP contribution is 2.25. The van der Waals surface area contributed by atoms with Crippen LogP contribution in [0.2, 0.25) is 0 Å². The highest BCUT2D eigenvalue weighted by atomic mass is 32.2. The quantitative estimate of drug-likeness (QED) is 0.587. The van der Waals surface area contributed by atoms with Gasteiger partial charge in [0.1, 0.15) is 5.75 Å². The topological polar surface area (TPSA) is 119 Å². The molecule has 0 saturated carbocycles. The lowest BCUT2D eigenvalue weighted by Crippen LogP contribution is -2.27. The maximum Gasteiger partial charge on any atom is 0.264 e. The van der Waals surface area contributed by atoms with E-state index in [-0.39, 0.29) is 21.7 Å². The van der Waals surface area contributed by atoms with E-state index < -0.39 is 21.8 Å². The van der Waals surface area contributed by atoms with Crippen molar-refractivity contribution in [3.63, 3.8) is 0 Å². The van der Waals surface area contributed by atoms with Gasteiger partial charge in [0.25, 0.3) is 21.8 Å². The minimum absolute atomic E-state index is 0.0843. The van der Waals surface area contributed by atoms with E-state index in [1.807, 2.05) is 0 Å². The second kappa shape index (κ2) is 8.88. The lowest BCUT2D eigenvalue weighted by atomic mass is 10.1. The summed E-state index contributed by atoms with van der Waals surface area (Å²) < 4.78 is 32.1. The molecular formula is C22H21N3O5S. The Labute approximate surface area is 180 Å². The number of benzene rings is 3. The Kier molecular flexibility index (Phi) is 6.26. The fourth-order valence-corrected chi connectivity index (χ4v) is 4.08. The number of carbonyl (C=O) groups is 2. The molecule has 3 aromatic rings. The van der Waals surface area contributed by atoms with Crippen LogP contribution in [0.3, 0.4) is 0 Å². The summed E-state index contributed by atoms with van der Waals surface area (Å²) in [7, 11) is -0.956. The maximum atomic E-state index is 13.0. The molecule has 160 valence electrons. The molecule has 0 aliphatic rings. The van der Waals surface area contributed by atoms with Crippen LogP contribution in [0.4, 0.5) is 11.4 Å². The summed E-state index contributed by atoms with van der Waals surface area (Å²) >= 11 is 0. The van der Waals surface area contributed by atoms with E-state index >= 15 is 0 Å². The number of hydrogen-bond acceptors (Lipinski definition) is 5. The van der Waals surface area contributed by atoms with Gasteiger partial charge in [-0.2, -0.15) is 0 Å². The van der Waals surface area contributed by atoms with E-state index in [1.54, 1.807) is 48.5 Å². The zero-order valence-electron chi connectivity index (χ0n) is 16.9. The molecule has 0 atom stereocenters. The summed E-state index contributed by atoms with van der Waals surface area (Å²) in [5.74, 6) is -0.641. The van der Waals surface area contributed by atoms with Gasteiger partial charge in [-0.05, 0) is 54.6 Å². The van der Waals surface area contributed by atoms with E-state index in [0.717, 1.165) is 4.31 Å². The van der Waals surface area contributed by atoms with Gasteiger partial charge in [-0.15, -0.1) is 0 Å². The summed E-state index contributed by atoms with van der Waals surface area (Å²) in [6.07, 6.45) is 0. The Balaban J connectivity index is 1.87. The highest BCUT2D eigenvalue weighted by Gasteiger charge is 2.22. The molecule has 0 spiro atoms. The number of rotatable bonds is 7. The summed E-state index contributed by atoms with van der Waals surface area (Å²) in [5.41, 5.74) is 6.30. The minimum Gasteiger partial charge on any atom is -0.497 e. The molecule has 0 unspecified atom stereocenters. The van der Waals surface area contributed by atoms with Crippen LogP contribution < -0.4 is 20.1 Å². The zero-order valence-corrected chi connectivity index (χ0v) is 17.7. The largest absolute Gasteiger partial charge is 0.497 e. The number of sulfonamides is 1. The third kappa shape index (κ3) is 4.67. The number of anilines is 2. The molecule has 0 bridgehead atoms. The normalized spacial score (nSPS) is 10.9. The standard InChI is InChI=1S/C22H21N3O5S/c1-25(31(28,29)18-12-10-17(30-2)11-13-18)16-7-5-6-15(14-16)22(27)24-20-9-4-3-8-19(20)21(23)26/h3-14H,1-2H3,(H2,23,26)(H,24,27). The number of primary amides is 1. The van der Waals surface area contributed by atoms with Crippen LogP contribution >= 0.6 is 0 Å². The second-order valence-electron chi connectivity index (χ2n) is 6.56. The van der Waals surface area contributed by atoms with E-state index in [2.05, 4.69) is 5.32 Å². The monoisotopic (exact) mass is 439 g/mol. The van der Waals surface area contributed by atoms with E-state index in [9.17, 15) is 18.0 Å². The van der Waals surface area contributed by atoms with Gasteiger partial charge in [0, 0.05) is 12.6 Å². The summed E-state index contributed by atoms with van der Waals surface area (Å²) in [6, 6.07) is 18.5. The van der Waals surface area contributed by atoms with Crippen LogP contribution in [-0.4, -0.2) is 34.4 Å². The van der Waals surface area contributed by atoms with Crippen molar-refractivity contribution in [2.75, 3.05) is 23.8 Å². The number of nitrogens with zero attached hydrogens (tertiary/aromatic N) is 1. The molecule has 3 rings (SSSR count). The lowest BCUT2D eigenvalue weighted by Gasteiger charge is -2.20. The van der Waals surface area contributed by atoms with Crippen LogP contribution in [-0.2, 0) is 10.0 Å². The molecule has 31 heavy (non-hydrogen) atoms. The predicted octanol–water partition coefficient (Wildman–Crippen LogP) is 2.87. The van der Waals surface area contributed by atoms with E-state index in [4.69, 9.17) is 10.5 Å². The summed E-state index contributed by atoms with van der Waals surface area (Å²) in [5, 5.41) is 2.64. The molecule has 0 saturated heterocycles. The minimum atomic E-state index is -3.85. The summed E-state index contributed by atoms with van der Waals surface area (Å²) in [4.78, 5) is 24.4. The van der Waals surface area contributed by atoms with Crippen LogP contribution in [0.25, 0.3) is 0 Å². The zero-order chi connectivity index (χ0) is 22.6. The molecule has 0 aromatic heterocycles. The first kappa shape index (κ1) is 21.8. The number of carbonyl (C=O) groups excluding carboxylic acids is 2. The molecule has 0 aliphatic heterocycles. The molecule has 0 fully saturated rings. The first-order chi connectivity index (χ1) is 14.7. The molecule has 3 aromatic carbocycles. The Hall–Kier alpha value is -3.85. The third-order valence-corrected chi connectivity index (χ3v) is 6.43. The van der Waals surface area contributed by atoms with Crippen molar-refractivity contribution in [1.29, 1.82) is 0 Å². The van der Waals surface area contributed by atoms with Crippen molar-refractivity contribution in [1.82, 2.24) is 0 Å². The van der Waals surface area contributed by atoms with Gasteiger partial charge in [-0.3, -0.25) is 13.9 Å². The highest BCUT2D eigenvalue weighted by molar-refractivity contribution is 7.92. The third-order valence-electron chi connectivity index (χ3n) is 4.63. The van der Waals surface area contributed by atoms with Gasteiger partial charge in [-0.1, -0.05) is 18.2 Å². The van der Waals surface area contributed by atoms with Crippen LogP contribution in [0.5, 0.6) is 5.75 Å². The predicted molar refractivity (Wildman–Crippen MR) is 118 cm³/mol. The van der Waals surface area contributed by atoms with Crippen molar-refractivity contribution in [2.24, 2.45) is 5.73 Å². The Morgan fingerprint density at radius 1 is 0.968 bits per heavy atom. The SMILES string of the molecule is COc1ccc(S(=O)(=O)N(C)c2cccc(C(=O)Nc3ccccc3C(N)=O)c2)cc1. The van der Waals surface area contributed by atoms with Crippen LogP contribution in [0.15, 0.2) is 77.7 Å². The van der Waals surface area contributed by atoms with Crippen molar-refractivity contribution in [2.45, 2.75) is 4.90 Å². The Morgan fingerprint density at radius 2 is 1.65 bits per heavy atom. The summed E-state index contributed by atoms with van der Waals surface area (Å²) in [6.45, 7) is 0. The van der Waals surface area contributed by atoms with Crippen molar-refractivity contribution in [3.8, 4) is 5.75 Å². The Morgan fingerprint density at radius 3 is 2.29 bits per heavy atom. The van der Waals surface area contributed by atoms with E-state index in [0.29, 0.717) is 11.4 Å². The molecule has 0 aliphatic carbocycles. The molecule has 8 nitrogen and oxygen atoms in total. The van der Waals surface area contributed by atoms with Crippen LogP contribution in [0, 0.1) is 0 Å². The molecular weight excluding hydrogens is 418 g/mol. The number of amides is 2. The van der Waals surface area contributed by atoms with Gasteiger partial charge in [0.2, 0.25) is 0 Å². The Bertz CT molecular complexity index is 1220. The van der Waals surface area contributed by atoms with Crippen LogP contribution in [0.1, 0.15) is 20.7 Å². The van der Waals surface area contributed by atoms with Crippen molar-refractivity contribution in [3.05, 3.63) is 83.9 Å². The average Bonchev–Trinajstić information content (AvgIpc) is 2.78. The molecule has 9 heteroatoms. The number of nitrogens with two attached hydrogens (primary N) is 1. The number of para-hydroxylation sites is 1. The number of ether oxygens (including phenoxy) is 1. The van der Waals surface area contributed by atoms with Gasteiger partial charge >= 0.3 is 0 Å². The fourth-order valence-electron chi connectivity index (χ4n) is 2.89. The maximum absolute atomic E-state index is 13.0. The molecule has 3 N–H and O–H groups in total. The molecule has 0 radical (unpaired) electrons. The number of nitrogens with one attached hydrogen (secondary N) is 1. The number of methoxy groups -OCH3 is 1. The second-order valence-corrected chi connectivity index (χ2v) is 8.53. The van der Waals surface area contributed by atoms with E-state index in [1.165, 1.54) is 38.4 Å². The molecule has 2 amide bonds. The van der Waals surface area contributed by atoms with Crippen molar-refractivity contribution >= 4 is 33.2 Å².